The van der Waals surface area contributed by atoms with Gasteiger partial charge in [-0.3, -0.25) is 14.6 Å². The van der Waals surface area contributed by atoms with E-state index in [1.807, 2.05) is 12.1 Å². The van der Waals surface area contributed by atoms with E-state index in [9.17, 15) is 4.79 Å². The lowest BCUT2D eigenvalue weighted by atomic mass is 9.93. The molecule has 0 radical (unpaired) electrons. The molecule has 1 N–H and O–H groups in total. The summed E-state index contributed by atoms with van der Waals surface area (Å²) in [5, 5.41) is 9.15. The lowest BCUT2D eigenvalue weighted by Crippen LogP contribution is -2.58. The fourth-order valence-corrected chi connectivity index (χ4v) is 3.82. The van der Waals surface area contributed by atoms with E-state index < -0.39 is 5.97 Å². The third kappa shape index (κ3) is 5.69. The van der Waals surface area contributed by atoms with Gasteiger partial charge in [-0.2, -0.15) is 0 Å². The van der Waals surface area contributed by atoms with Gasteiger partial charge in [-0.25, -0.2) is 0 Å². The van der Waals surface area contributed by atoms with Crippen molar-refractivity contribution in [3.05, 3.63) is 71.8 Å². The number of rotatable bonds is 5. The Bertz CT molecular complexity index is 660. The topological polar surface area (TPSA) is 43.8 Å². The molecule has 0 spiro atoms. The summed E-state index contributed by atoms with van der Waals surface area (Å²) < 4.78 is 0. The lowest BCUT2D eigenvalue weighted by molar-refractivity contribution is -0.140. The maximum atomic E-state index is 11.1. The second-order valence-corrected chi connectivity index (χ2v) is 6.94. The molecule has 1 aliphatic rings. The maximum Gasteiger partial charge on any atom is 0.317 e. The van der Waals surface area contributed by atoms with Crippen LogP contribution in [0.3, 0.4) is 0 Å². The molecule has 0 saturated carbocycles. The Morgan fingerprint density at radius 1 is 0.926 bits per heavy atom. The van der Waals surface area contributed by atoms with Crippen molar-refractivity contribution in [2.24, 2.45) is 0 Å². The molecular weight excluding hydrogens is 383 g/mol. The monoisotopic (exact) mass is 410 g/mol. The Hall–Kier alpha value is -1.59. The van der Waals surface area contributed by atoms with Crippen LogP contribution < -0.4 is 0 Å². The van der Waals surface area contributed by atoms with Crippen molar-refractivity contribution in [3.63, 3.8) is 0 Å². The number of nitrogens with zero attached hydrogens (tertiary/aromatic N) is 2. The minimum absolute atomic E-state index is 0. The average molecular weight is 411 g/mol. The SMILES string of the molecule is C[C@@H]1CN(CC(=O)O)[C@@H](C)CN1C(c1ccccc1)c1ccccc1.Cl.Cl. The number of halogens is 2. The van der Waals surface area contributed by atoms with Gasteiger partial charge in [-0.15, -0.1) is 24.8 Å². The van der Waals surface area contributed by atoms with Crippen LogP contribution in [0.4, 0.5) is 0 Å². The van der Waals surface area contributed by atoms with E-state index in [-0.39, 0.29) is 49.5 Å². The molecule has 1 fully saturated rings. The third-order valence-electron chi connectivity index (χ3n) is 5.06. The molecule has 6 heteroatoms. The number of piperazine rings is 1. The van der Waals surface area contributed by atoms with Gasteiger partial charge < -0.3 is 5.11 Å². The van der Waals surface area contributed by atoms with Crippen LogP contribution in [0.2, 0.25) is 0 Å². The van der Waals surface area contributed by atoms with Gasteiger partial charge in [-0.05, 0) is 25.0 Å². The summed E-state index contributed by atoms with van der Waals surface area (Å²) in [6.07, 6.45) is 0. The highest BCUT2D eigenvalue weighted by molar-refractivity contribution is 5.85. The fraction of sp³-hybridized carbons (Fsp3) is 0.381. The zero-order valence-corrected chi connectivity index (χ0v) is 17.3. The normalized spacial score (nSPS) is 20.6. The summed E-state index contributed by atoms with van der Waals surface area (Å²) in [5.74, 6) is -0.754. The molecule has 27 heavy (non-hydrogen) atoms. The number of aliphatic carboxylic acids is 1. The molecular formula is C21H28Cl2N2O2. The third-order valence-corrected chi connectivity index (χ3v) is 5.06. The van der Waals surface area contributed by atoms with Gasteiger partial charge in [-0.1, -0.05) is 60.7 Å². The van der Waals surface area contributed by atoms with E-state index in [2.05, 4.69) is 72.2 Å². The molecule has 2 atom stereocenters. The van der Waals surface area contributed by atoms with Crippen LogP contribution in [0.25, 0.3) is 0 Å². The van der Waals surface area contributed by atoms with E-state index in [0.717, 1.165) is 13.1 Å². The molecule has 1 heterocycles. The molecule has 1 aliphatic heterocycles. The van der Waals surface area contributed by atoms with Crippen LogP contribution in [0.1, 0.15) is 31.0 Å². The Morgan fingerprint density at radius 3 is 1.85 bits per heavy atom. The van der Waals surface area contributed by atoms with Gasteiger partial charge in [0.15, 0.2) is 0 Å². The van der Waals surface area contributed by atoms with Crippen molar-refractivity contribution in [2.75, 3.05) is 19.6 Å². The van der Waals surface area contributed by atoms with Crippen LogP contribution in [0, 0.1) is 0 Å². The van der Waals surface area contributed by atoms with Gasteiger partial charge in [0.1, 0.15) is 0 Å². The highest BCUT2D eigenvalue weighted by Gasteiger charge is 2.35. The number of carbonyl (C=O) groups is 1. The van der Waals surface area contributed by atoms with Crippen molar-refractivity contribution >= 4 is 30.8 Å². The fourth-order valence-electron chi connectivity index (χ4n) is 3.82. The van der Waals surface area contributed by atoms with E-state index in [0.29, 0.717) is 0 Å². The van der Waals surface area contributed by atoms with Gasteiger partial charge in [0.25, 0.3) is 0 Å². The van der Waals surface area contributed by atoms with Crippen molar-refractivity contribution in [3.8, 4) is 0 Å². The predicted molar refractivity (Wildman–Crippen MR) is 114 cm³/mol. The van der Waals surface area contributed by atoms with E-state index >= 15 is 0 Å². The number of carboxylic acids is 1. The van der Waals surface area contributed by atoms with Crippen molar-refractivity contribution in [1.29, 1.82) is 0 Å². The molecule has 0 unspecified atom stereocenters. The van der Waals surface area contributed by atoms with Gasteiger partial charge in [0, 0.05) is 25.2 Å². The second kappa shape index (κ2) is 10.7. The number of benzene rings is 2. The van der Waals surface area contributed by atoms with E-state index in [1.54, 1.807) is 0 Å². The molecule has 0 aromatic heterocycles. The minimum atomic E-state index is -0.754. The molecule has 4 nitrogen and oxygen atoms in total. The number of hydrogen-bond acceptors (Lipinski definition) is 3. The number of hydrogen-bond donors (Lipinski definition) is 1. The Balaban J connectivity index is 0.00000182. The molecule has 0 bridgehead atoms. The van der Waals surface area contributed by atoms with Crippen molar-refractivity contribution in [1.82, 2.24) is 9.80 Å². The molecule has 148 valence electrons. The molecule has 3 rings (SSSR count). The van der Waals surface area contributed by atoms with Gasteiger partial charge in [0.2, 0.25) is 0 Å². The maximum absolute atomic E-state index is 11.1. The first-order chi connectivity index (χ1) is 12.1. The minimum Gasteiger partial charge on any atom is -0.480 e. The Labute approximate surface area is 174 Å². The van der Waals surface area contributed by atoms with Gasteiger partial charge in [0.05, 0.1) is 12.6 Å². The summed E-state index contributed by atoms with van der Waals surface area (Å²) >= 11 is 0. The highest BCUT2D eigenvalue weighted by atomic mass is 35.5. The lowest BCUT2D eigenvalue weighted by Gasteiger charge is -2.47. The Morgan fingerprint density at radius 2 is 1.41 bits per heavy atom. The summed E-state index contributed by atoms with van der Waals surface area (Å²) in [7, 11) is 0. The van der Waals surface area contributed by atoms with E-state index in [4.69, 9.17) is 5.11 Å². The quantitative estimate of drug-likeness (QED) is 0.805. The van der Waals surface area contributed by atoms with E-state index in [1.165, 1.54) is 11.1 Å². The molecule has 2 aromatic carbocycles. The zero-order chi connectivity index (χ0) is 17.8. The zero-order valence-electron chi connectivity index (χ0n) is 15.7. The van der Waals surface area contributed by atoms with Crippen LogP contribution in [-0.2, 0) is 4.79 Å². The average Bonchev–Trinajstić information content (AvgIpc) is 2.61. The number of carboxylic acid groups (broad SMARTS) is 1. The van der Waals surface area contributed by atoms with Crippen LogP contribution in [-0.4, -0.2) is 52.6 Å². The van der Waals surface area contributed by atoms with Crippen molar-refractivity contribution < 1.29 is 9.90 Å². The van der Waals surface area contributed by atoms with Crippen LogP contribution >= 0.6 is 24.8 Å². The molecule has 0 aliphatic carbocycles. The van der Waals surface area contributed by atoms with Crippen molar-refractivity contribution in [2.45, 2.75) is 32.0 Å². The first-order valence-electron chi connectivity index (χ1n) is 8.87. The molecule has 1 saturated heterocycles. The summed E-state index contributed by atoms with van der Waals surface area (Å²) in [5.41, 5.74) is 2.55. The predicted octanol–water partition coefficient (Wildman–Crippen LogP) is 4.10. The summed E-state index contributed by atoms with van der Waals surface area (Å²) in [4.78, 5) is 15.7. The van der Waals surface area contributed by atoms with Crippen LogP contribution in [0.5, 0.6) is 0 Å². The van der Waals surface area contributed by atoms with Crippen LogP contribution in [0.15, 0.2) is 60.7 Å². The van der Waals surface area contributed by atoms with Gasteiger partial charge >= 0.3 is 5.97 Å². The summed E-state index contributed by atoms with van der Waals surface area (Å²) in [6.45, 7) is 6.04. The first-order valence-corrected chi connectivity index (χ1v) is 8.87. The summed E-state index contributed by atoms with van der Waals surface area (Å²) in [6, 6.07) is 21.8. The standard InChI is InChI=1S/C21H26N2O2.2ClH/c1-16-14-23(17(2)13-22(16)15-20(24)25)21(18-9-5-3-6-10-18)19-11-7-4-8-12-19;;/h3-12,16-17,21H,13-15H2,1-2H3,(H,24,25);2*1H/t16-,17+;;/m0../s1. The molecule has 2 aromatic rings. The smallest absolute Gasteiger partial charge is 0.317 e. The molecule has 0 amide bonds. The Kier molecular flexibility index (Phi) is 9.27. The largest absolute Gasteiger partial charge is 0.480 e. The second-order valence-electron chi connectivity index (χ2n) is 6.94. The first kappa shape index (κ1) is 23.4. The highest BCUT2D eigenvalue weighted by Crippen LogP contribution is 2.32.